The van der Waals surface area contributed by atoms with Gasteiger partial charge in [-0.2, -0.15) is 5.10 Å². The van der Waals surface area contributed by atoms with Crippen LogP contribution in [-0.4, -0.2) is 44.1 Å². The Morgan fingerprint density at radius 1 is 1.28 bits per heavy atom. The molecular formula is C22H24FN5O. The number of nitrogens with zero attached hydrogens (tertiary/aromatic N) is 4. The van der Waals surface area contributed by atoms with Crippen LogP contribution in [0.15, 0.2) is 43.0 Å². The number of benzene rings is 1. The molecule has 1 saturated heterocycles. The fourth-order valence-corrected chi connectivity index (χ4v) is 4.00. The molecular weight excluding hydrogens is 369 g/mol. The normalized spacial score (nSPS) is 16.8. The number of piperidine rings is 1. The Morgan fingerprint density at radius 2 is 2.10 bits per heavy atom. The van der Waals surface area contributed by atoms with Gasteiger partial charge in [0.25, 0.3) is 5.91 Å². The van der Waals surface area contributed by atoms with Crippen molar-refractivity contribution >= 4 is 5.91 Å². The summed E-state index contributed by atoms with van der Waals surface area (Å²) in [6, 6.07) is 6.42. The molecule has 0 radical (unpaired) electrons. The minimum Gasteiger partial charge on any atom is -0.338 e. The monoisotopic (exact) mass is 393 g/mol. The van der Waals surface area contributed by atoms with E-state index in [0.29, 0.717) is 12.1 Å². The lowest BCUT2D eigenvalue weighted by Crippen LogP contribution is -2.39. The van der Waals surface area contributed by atoms with Crippen LogP contribution in [0.3, 0.4) is 0 Å². The molecule has 1 amide bonds. The van der Waals surface area contributed by atoms with E-state index >= 15 is 0 Å². The maximum Gasteiger partial charge on any atom is 0.257 e. The van der Waals surface area contributed by atoms with Crippen molar-refractivity contribution < 1.29 is 9.18 Å². The molecule has 2 aromatic heterocycles. The van der Waals surface area contributed by atoms with E-state index < -0.39 is 0 Å². The maximum atomic E-state index is 13.3. The molecule has 1 aliphatic heterocycles. The van der Waals surface area contributed by atoms with Crippen molar-refractivity contribution in [2.45, 2.75) is 38.5 Å². The van der Waals surface area contributed by atoms with Crippen LogP contribution in [0, 0.1) is 5.82 Å². The molecule has 1 aromatic carbocycles. The van der Waals surface area contributed by atoms with E-state index in [0.717, 1.165) is 54.7 Å². The summed E-state index contributed by atoms with van der Waals surface area (Å²) >= 11 is 0. The van der Waals surface area contributed by atoms with Crippen molar-refractivity contribution in [1.29, 1.82) is 0 Å². The second-order valence-corrected chi connectivity index (χ2v) is 7.43. The Labute approximate surface area is 169 Å². The van der Waals surface area contributed by atoms with Crippen LogP contribution in [0.4, 0.5) is 4.39 Å². The number of aromatic amines is 1. The molecule has 0 unspecified atom stereocenters. The van der Waals surface area contributed by atoms with Crippen LogP contribution >= 0.6 is 0 Å². The van der Waals surface area contributed by atoms with Gasteiger partial charge in [0.1, 0.15) is 12.1 Å². The molecule has 1 fully saturated rings. The van der Waals surface area contributed by atoms with Gasteiger partial charge in [-0.3, -0.25) is 9.89 Å². The fourth-order valence-electron chi connectivity index (χ4n) is 4.00. The van der Waals surface area contributed by atoms with Crippen LogP contribution in [0.5, 0.6) is 0 Å². The molecule has 0 spiro atoms. The molecule has 3 heterocycles. The SMILES string of the molecule is CCCc1ncncc1C(=O)N1CCC[C@H](c2[nH]ncc2-c2ccc(F)cc2)C1. The summed E-state index contributed by atoms with van der Waals surface area (Å²) in [5, 5.41) is 7.33. The van der Waals surface area contributed by atoms with Gasteiger partial charge in [0.2, 0.25) is 0 Å². The number of halogens is 1. The zero-order valence-corrected chi connectivity index (χ0v) is 16.4. The number of carbonyl (C=O) groups excluding carboxylic acids is 1. The lowest BCUT2D eigenvalue weighted by Gasteiger charge is -2.33. The van der Waals surface area contributed by atoms with E-state index in [2.05, 4.69) is 27.1 Å². The number of carbonyl (C=O) groups is 1. The van der Waals surface area contributed by atoms with E-state index in [1.807, 2.05) is 4.90 Å². The standard InChI is InChI=1S/C22H24FN5O/c1-2-4-20-19(11-24-14-25-20)22(29)28-10-3-5-16(13-28)21-18(12-26-27-21)15-6-8-17(23)9-7-15/h6-9,11-12,14,16H,2-5,10,13H2,1H3,(H,26,27)/t16-/m0/s1. The van der Waals surface area contributed by atoms with Crippen LogP contribution in [0.1, 0.15) is 53.8 Å². The Morgan fingerprint density at radius 3 is 2.90 bits per heavy atom. The van der Waals surface area contributed by atoms with Crippen LogP contribution in [0.25, 0.3) is 11.1 Å². The fraction of sp³-hybridized carbons (Fsp3) is 0.364. The third-order valence-electron chi connectivity index (χ3n) is 5.45. The summed E-state index contributed by atoms with van der Waals surface area (Å²) in [6.45, 7) is 3.40. The lowest BCUT2D eigenvalue weighted by molar-refractivity contribution is 0.0703. The Bertz CT molecular complexity index is 985. The first-order valence-electron chi connectivity index (χ1n) is 10.0. The average molecular weight is 393 g/mol. The highest BCUT2D eigenvalue weighted by Crippen LogP contribution is 2.33. The number of hydrogen-bond acceptors (Lipinski definition) is 4. The van der Waals surface area contributed by atoms with E-state index in [1.54, 1.807) is 24.5 Å². The van der Waals surface area contributed by atoms with Crippen molar-refractivity contribution in [3.05, 3.63) is 65.8 Å². The Balaban J connectivity index is 1.56. The summed E-state index contributed by atoms with van der Waals surface area (Å²) in [6.07, 6.45) is 8.46. The predicted molar refractivity (Wildman–Crippen MR) is 108 cm³/mol. The number of nitrogens with one attached hydrogen (secondary N) is 1. The third-order valence-corrected chi connectivity index (χ3v) is 5.45. The molecule has 3 aromatic rings. The highest BCUT2D eigenvalue weighted by Gasteiger charge is 2.29. The van der Waals surface area contributed by atoms with Gasteiger partial charge in [0.15, 0.2) is 0 Å². The number of hydrogen-bond donors (Lipinski definition) is 1. The minimum absolute atomic E-state index is 0.0124. The smallest absolute Gasteiger partial charge is 0.257 e. The van der Waals surface area contributed by atoms with Crippen molar-refractivity contribution in [3.8, 4) is 11.1 Å². The number of rotatable bonds is 5. The quantitative estimate of drug-likeness (QED) is 0.712. The minimum atomic E-state index is -0.263. The largest absolute Gasteiger partial charge is 0.338 e. The molecule has 0 aliphatic carbocycles. The maximum absolute atomic E-state index is 13.3. The van der Waals surface area contributed by atoms with E-state index in [1.165, 1.54) is 18.5 Å². The molecule has 0 bridgehead atoms. The van der Waals surface area contributed by atoms with E-state index in [4.69, 9.17) is 0 Å². The summed E-state index contributed by atoms with van der Waals surface area (Å²) in [7, 11) is 0. The molecule has 1 atom stereocenters. The summed E-state index contributed by atoms with van der Waals surface area (Å²) in [5.41, 5.74) is 4.27. The van der Waals surface area contributed by atoms with Crippen LogP contribution in [0.2, 0.25) is 0 Å². The van der Waals surface area contributed by atoms with Gasteiger partial charge in [0, 0.05) is 36.5 Å². The number of aromatic nitrogens is 4. The molecule has 29 heavy (non-hydrogen) atoms. The van der Waals surface area contributed by atoms with Gasteiger partial charge in [-0.05, 0) is 37.0 Å². The van der Waals surface area contributed by atoms with Crippen molar-refractivity contribution in [3.63, 3.8) is 0 Å². The second-order valence-electron chi connectivity index (χ2n) is 7.43. The summed E-state index contributed by atoms with van der Waals surface area (Å²) in [5.74, 6) is -0.127. The predicted octanol–water partition coefficient (Wildman–Crippen LogP) is 3.98. The molecule has 0 saturated carbocycles. The number of likely N-dealkylation sites (tertiary alicyclic amines) is 1. The van der Waals surface area contributed by atoms with Gasteiger partial charge in [-0.15, -0.1) is 0 Å². The first-order chi connectivity index (χ1) is 14.2. The Kier molecular flexibility index (Phi) is 5.64. The first kappa shape index (κ1) is 19.2. The molecule has 7 heteroatoms. The highest BCUT2D eigenvalue weighted by molar-refractivity contribution is 5.95. The molecule has 4 rings (SSSR count). The van der Waals surface area contributed by atoms with Crippen LogP contribution in [-0.2, 0) is 6.42 Å². The summed E-state index contributed by atoms with van der Waals surface area (Å²) in [4.78, 5) is 23.4. The molecule has 1 aliphatic rings. The topological polar surface area (TPSA) is 74.8 Å². The van der Waals surface area contributed by atoms with Gasteiger partial charge in [-0.1, -0.05) is 25.5 Å². The van der Waals surface area contributed by atoms with Gasteiger partial charge in [-0.25, -0.2) is 14.4 Å². The Hall–Kier alpha value is -3.09. The zero-order valence-electron chi connectivity index (χ0n) is 16.4. The van der Waals surface area contributed by atoms with Gasteiger partial charge >= 0.3 is 0 Å². The van der Waals surface area contributed by atoms with Gasteiger partial charge in [0.05, 0.1) is 17.5 Å². The van der Waals surface area contributed by atoms with E-state index in [-0.39, 0.29) is 17.6 Å². The third kappa shape index (κ3) is 4.04. The molecule has 150 valence electrons. The summed E-state index contributed by atoms with van der Waals surface area (Å²) < 4.78 is 13.3. The zero-order chi connectivity index (χ0) is 20.2. The number of H-pyrrole nitrogens is 1. The molecule has 6 nitrogen and oxygen atoms in total. The highest BCUT2D eigenvalue weighted by atomic mass is 19.1. The molecule has 1 N–H and O–H groups in total. The van der Waals surface area contributed by atoms with Crippen molar-refractivity contribution in [1.82, 2.24) is 25.1 Å². The van der Waals surface area contributed by atoms with Crippen molar-refractivity contribution in [2.75, 3.05) is 13.1 Å². The second kappa shape index (κ2) is 8.51. The average Bonchev–Trinajstić information content (AvgIpc) is 3.24. The number of aryl methyl sites for hydroxylation is 1. The first-order valence-corrected chi connectivity index (χ1v) is 10.0. The van der Waals surface area contributed by atoms with E-state index in [9.17, 15) is 9.18 Å². The number of amides is 1. The van der Waals surface area contributed by atoms with Crippen molar-refractivity contribution in [2.24, 2.45) is 0 Å². The van der Waals surface area contributed by atoms with Crippen LogP contribution < -0.4 is 0 Å². The van der Waals surface area contributed by atoms with Gasteiger partial charge < -0.3 is 4.90 Å². The lowest BCUT2D eigenvalue weighted by atomic mass is 9.90.